The maximum absolute atomic E-state index is 11.8. The van der Waals surface area contributed by atoms with E-state index in [1.54, 1.807) is 18.5 Å². The van der Waals surface area contributed by atoms with Gasteiger partial charge >= 0.3 is 0 Å². The first-order valence-corrected chi connectivity index (χ1v) is 7.40. The molecule has 1 amide bonds. The van der Waals surface area contributed by atoms with Gasteiger partial charge in [0, 0.05) is 25.0 Å². The van der Waals surface area contributed by atoms with Gasteiger partial charge in [0.15, 0.2) is 0 Å². The smallest absolute Gasteiger partial charge is 0.244 e. The molecule has 22 heavy (non-hydrogen) atoms. The SMILES string of the molecule is CC(C)(C)c1ccc(C=CC(=O)NCc2ccncc2)cc1. The van der Waals surface area contributed by atoms with Crippen molar-refractivity contribution < 1.29 is 4.79 Å². The molecule has 1 heterocycles. The van der Waals surface area contributed by atoms with E-state index in [0.717, 1.165) is 11.1 Å². The van der Waals surface area contributed by atoms with Crippen LogP contribution in [0.15, 0.2) is 54.9 Å². The second kappa shape index (κ2) is 7.03. The average Bonchev–Trinajstić information content (AvgIpc) is 2.51. The molecule has 2 aromatic rings. The van der Waals surface area contributed by atoms with E-state index in [2.05, 4.69) is 43.2 Å². The largest absolute Gasteiger partial charge is 0.348 e. The molecule has 1 aromatic carbocycles. The van der Waals surface area contributed by atoms with Crippen molar-refractivity contribution in [3.8, 4) is 0 Å². The van der Waals surface area contributed by atoms with Crippen LogP contribution in [0.1, 0.15) is 37.5 Å². The lowest BCUT2D eigenvalue weighted by Crippen LogP contribution is -2.20. The van der Waals surface area contributed by atoms with Gasteiger partial charge in [-0.3, -0.25) is 9.78 Å². The third-order valence-electron chi connectivity index (χ3n) is 3.42. The van der Waals surface area contributed by atoms with Crippen LogP contribution in [0, 0.1) is 0 Å². The van der Waals surface area contributed by atoms with Gasteiger partial charge in [-0.1, -0.05) is 45.0 Å². The number of pyridine rings is 1. The van der Waals surface area contributed by atoms with Gasteiger partial charge < -0.3 is 5.32 Å². The topological polar surface area (TPSA) is 42.0 Å². The molecule has 0 saturated carbocycles. The summed E-state index contributed by atoms with van der Waals surface area (Å²) in [4.78, 5) is 15.7. The Morgan fingerprint density at radius 2 is 1.73 bits per heavy atom. The fourth-order valence-electron chi connectivity index (χ4n) is 2.01. The molecule has 3 nitrogen and oxygen atoms in total. The van der Waals surface area contributed by atoms with Crippen LogP contribution in [-0.4, -0.2) is 10.9 Å². The minimum absolute atomic E-state index is 0.100. The van der Waals surface area contributed by atoms with E-state index in [9.17, 15) is 4.79 Å². The van der Waals surface area contributed by atoms with Crippen molar-refractivity contribution in [2.75, 3.05) is 0 Å². The normalized spacial score (nSPS) is 11.6. The number of carbonyl (C=O) groups excluding carboxylic acids is 1. The highest BCUT2D eigenvalue weighted by atomic mass is 16.1. The van der Waals surface area contributed by atoms with E-state index >= 15 is 0 Å². The lowest BCUT2D eigenvalue weighted by atomic mass is 9.87. The number of nitrogens with one attached hydrogen (secondary N) is 1. The number of benzene rings is 1. The lowest BCUT2D eigenvalue weighted by molar-refractivity contribution is -0.116. The zero-order valence-electron chi connectivity index (χ0n) is 13.3. The first kappa shape index (κ1) is 16.0. The Bertz CT molecular complexity index is 637. The first-order valence-electron chi connectivity index (χ1n) is 7.40. The average molecular weight is 294 g/mol. The second-order valence-electron chi connectivity index (χ2n) is 6.28. The minimum Gasteiger partial charge on any atom is -0.348 e. The fourth-order valence-corrected chi connectivity index (χ4v) is 2.01. The maximum Gasteiger partial charge on any atom is 0.244 e. The number of hydrogen-bond acceptors (Lipinski definition) is 2. The molecule has 0 saturated heterocycles. The first-order chi connectivity index (χ1) is 10.4. The summed E-state index contributed by atoms with van der Waals surface area (Å²) in [5, 5.41) is 2.85. The molecule has 0 atom stereocenters. The highest BCUT2D eigenvalue weighted by Crippen LogP contribution is 2.22. The van der Waals surface area contributed by atoms with Crippen LogP contribution in [0.25, 0.3) is 6.08 Å². The molecule has 1 aromatic heterocycles. The van der Waals surface area contributed by atoms with E-state index < -0.39 is 0 Å². The quantitative estimate of drug-likeness (QED) is 0.873. The van der Waals surface area contributed by atoms with Gasteiger partial charge in [-0.2, -0.15) is 0 Å². The molecular weight excluding hydrogens is 272 g/mol. The summed E-state index contributed by atoms with van der Waals surface area (Å²) in [5.74, 6) is -0.100. The van der Waals surface area contributed by atoms with Crippen LogP contribution < -0.4 is 5.32 Å². The van der Waals surface area contributed by atoms with E-state index in [1.807, 2.05) is 30.3 Å². The molecule has 0 aliphatic carbocycles. The van der Waals surface area contributed by atoms with Crippen molar-refractivity contribution >= 4 is 12.0 Å². The summed E-state index contributed by atoms with van der Waals surface area (Å²) in [6, 6.07) is 12.0. The van der Waals surface area contributed by atoms with E-state index in [4.69, 9.17) is 0 Å². The molecule has 0 radical (unpaired) electrons. The molecule has 0 unspecified atom stereocenters. The highest BCUT2D eigenvalue weighted by molar-refractivity contribution is 5.91. The molecule has 2 rings (SSSR count). The third kappa shape index (κ3) is 4.85. The van der Waals surface area contributed by atoms with Gasteiger partial charge in [-0.25, -0.2) is 0 Å². The summed E-state index contributed by atoms with van der Waals surface area (Å²) < 4.78 is 0. The molecule has 0 bridgehead atoms. The van der Waals surface area contributed by atoms with Gasteiger partial charge in [0.05, 0.1) is 0 Å². The molecule has 0 aliphatic heterocycles. The van der Waals surface area contributed by atoms with Crippen molar-refractivity contribution in [1.82, 2.24) is 10.3 Å². The Morgan fingerprint density at radius 3 is 2.32 bits per heavy atom. The van der Waals surface area contributed by atoms with Crippen molar-refractivity contribution in [1.29, 1.82) is 0 Å². The summed E-state index contributed by atoms with van der Waals surface area (Å²) in [7, 11) is 0. The molecule has 3 heteroatoms. The van der Waals surface area contributed by atoms with E-state index in [1.165, 1.54) is 5.56 Å². The summed E-state index contributed by atoms with van der Waals surface area (Å²) >= 11 is 0. The van der Waals surface area contributed by atoms with Gasteiger partial charge in [0.2, 0.25) is 5.91 Å². The molecule has 0 aliphatic rings. The standard InChI is InChI=1S/C19H22N2O/c1-19(2,3)17-7-4-15(5-8-17)6-9-18(22)21-14-16-10-12-20-13-11-16/h4-13H,14H2,1-3H3,(H,21,22). The number of amides is 1. The Morgan fingerprint density at radius 1 is 1.09 bits per heavy atom. The summed E-state index contributed by atoms with van der Waals surface area (Å²) in [5.41, 5.74) is 3.48. The van der Waals surface area contributed by atoms with E-state index in [-0.39, 0.29) is 11.3 Å². The predicted molar refractivity (Wildman–Crippen MR) is 90.3 cm³/mol. The Kier molecular flexibility index (Phi) is 5.10. The van der Waals surface area contributed by atoms with Crippen molar-refractivity contribution in [3.63, 3.8) is 0 Å². The van der Waals surface area contributed by atoms with Crippen molar-refractivity contribution in [2.45, 2.75) is 32.7 Å². The van der Waals surface area contributed by atoms with Crippen LogP contribution >= 0.6 is 0 Å². The highest BCUT2D eigenvalue weighted by Gasteiger charge is 2.12. The number of carbonyl (C=O) groups is 1. The van der Waals surface area contributed by atoms with E-state index in [0.29, 0.717) is 6.54 Å². The van der Waals surface area contributed by atoms with Crippen LogP contribution in [0.4, 0.5) is 0 Å². The Hall–Kier alpha value is -2.42. The third-order valence-corrected chi connectivity index (χ3v) is 3.42. The summed E-state index contributed by atoms with van der Waals surface area (Å²) in [6.45, 7) is 7.06. The number of rotatable bonds is 4. The number of aromatic nitrogens is 1. The van der Waals surface area contributed by atoms with Gasteiger partial charge in [-0.05, 0) is 40.3 Å². The molecule has 0 spiro atoms. The van der Waals surface area contributed by atoms with Crippen molar-refractivity contribution in [3.05, 3.63) is 71.6 Å². The Balaban J connectivity index is 1.90. The van der Waals surface area contributed by atoms with Gasteiger partial charge in [0.25, 0.3) is 0 Å². The molecule has 114 valence electrons. The maximum atomic E-state index is 11.8. The molecule has 0 fully saturated rings. The van der Waals surface area contributed by atoms with Crippen LogP contribution in [-0.2, 0) is 16.8 Å². The van der Waals surface area contributed by atoms with Crippen LogP contribution in [0.3, 0.4) is 0 Å². The van der Waals surface area contributed by atoms with Crippen LogP contribution in [0.2, 0.25) is 0 Å². The zero-order chi connectivity index (χ0) is 16.0. The predicted octanol–water partition coefficient (Wildman–Crippen LogP) is 3.71. The second-order valence-corrected chi connectivity index (χ2v) is 6.28. The molecular formula is C19H22N2O. The van der Waals surface area contributed by atoms with Crippen molar-refractivity contribution in [2.24, 2.45) is 0 Å². The molecule has 1 N–H and O–H groups in total. The van der Waals surface area contributed by atoms with Gasteiger partial charge in [0.1, 0.15) is 0 Å². The fraction of sp³-hybridized carbons (Fsp3) is 0.263. The summed E-state index contributed by atoms with van der Waals surface area (Å²) in [6.07, 6.45) is 6.82. The Labute approximate surface area is 132 Å². The zero-order valence-corrected chi connectivity index (χ0v) is 13.3. The minimum atomic E-state index is -0.100. The van der Waals surface area contributed by atoms with Crippen LogP contribution in [0.5, 0.6) is 0 Å². The number of hydrogen-bond donors (Lipinski definition) is 1. The monoisotopic (exact) mass is 294 g/mol. The number of nitrogens with zero attached hydrogens (tertiary/aromatic N) is 1. The van der Waals surface area contributed by atoms with Gasteiger partial charge in [-0.15, -0.1) is 0 Å². The lowest BCUT2D eigenvalue weighted by Gasteiger charge is -2.18.